The summed E-state index contributed by atoms with van der Waals surface area (Å²) in [7, 11) is 0. The van der Waals surface area contributed by atoms with Crippen molar-refractivity contribution in [2.75, 3.05) is 5.73 Å². The lowest BCUT2D eigenvalue weighted by molar-refractivity contribution is -0.0183. The van der Waals surface area contributed by atoms with Crippen molar-refractivity contribution < 1.29 is 10.3 Å². The highest BCUT2D eigenvalue weighted by molar-refractivity contribution is 5.77. The number of nitrogen functional groups attached to an aromatic ring is 1. The molecule has 68 valence electrons. The first-order valence-electron chi connectivity index (χ1n) is 3.78. The molecule has 1 aromatic carbocycles. The summed E-state index contributed by atoms with van der Waals surface area (Å²) < 4.78 is 0. The molecular formula is C8H9N3O2. The minimum Gasteiger partial charge on any atom is -0.508 e. The van der Waals surface area contributed by atoms with Gasteiger partial charge in [-0.1, -0.05) is 0 Å². The maximum atomic E-state index is 9.43. The van der Waals surface area contributed by atoms with Crippen LogP contribution in [0.15, 0.2) is 17.1 Å². The van der Waals surface area contributed by atoms with Crippen LogP contribution in [0.5, 0.6) is 5.75 Å². The lowest BCUT2D eigenvalue weighted by Gasteiger charge is -2.19. The second-order valence-corrected chi connectivity index (χ2v) is 2.84. The first-order valence-corrected chi connectivity index (χ1v) is 3.78. The van der Waals surface area contributed by atoms with Crippen molar-refractivity contribution in [2.24, 2.45) is 4.99 Å². The van der Waals surface area contributed by atoms with Crippen LogP contribution in [0.4, 0.5) is 11.4 Å². The molecule has 1 aliphatic rings. The molecule has 0 aliphatic carbocycles. The van der Waals surface area contributed by atoms with Crippen molar-refractivity contribution in [1.82, 2.24) is 5.06 Å². The van der Waals surface area contributed by atoms with E-state index in [0.717, 1.165) is 5.06 Å². The number of benzene rings is 1. The number of hydrogen-bond donors (Lipinski definition) is 3. The molecule has 0 radical (unpaired) electrons. The summed E-state index contributed by atoms with van der Waals surface area (Å²) in [6, 6.07) is 3.07. The topological polar surface area (TPSA) is 82.1 Å². The van der Waals surface area contributed by atoms with Gasteiger partial charge < -0.3 is 10.8 Å². The maximum absolute atomic E-state index is 9.43. The first-order chi connectivity index (χ1) is 6.18. The molecule has 1 aliphatic heterocycles. The largest absolute Gasteiger partial charge is 0.508 e. The molecule has 0 unspecified atom stereocenters. The van der Waals surface area contributed by atoms with Gasteiger partial charge in [0.05, 0.1) is 17.9 Å². The number of phenols is 1. The van der Waals surface area contributed by atoms with E-state index in [4.69, 9.17) is 10.9 Å². The number of phenolic OH excluding ortho intramolecular Hbond substituents is 1. The fraction of sp³-hybridized carbons (Fsp3) is 0.125. The quantitative estimate of drug-likeness (QED) is 0.407. The van der Waals surface area contributed by atoms with Crippen LogP contribution < -0.4 is 5.73 Å². The average Bonchev–Trinajstić information content (AvgIpc) is 2.12. The van der Waals surface area contributed by atoms with E-state index < -0.39 is 0 Å². The first kappa shape index (κ1) is 7.88. The van der Waals surface area contributed by atoms with E-state index in [2.05, 4.69) is 4.99 Å². The number of aliphatic imine (C=N–C) groups is 1. The Labute approximate surface area is 74.7 Å². The summed E-state index contributed by atoms with van der Waals surface area (Å²) in [5.41, 5.74) is 7.21. The molecule has 0 saturated carbocycles. The van der Waals surface area contributed by atoms with Gasteiger partial charge in [-0.3, -0.25) is 5.21 Å². The van der Waals surface area contributed by atoms with E-state index in [-0.39, 0.29) is 12.3 Å². The normalized spacial score (nSPS) is 14.4. The van der Waals surface area contributed by atoms with E-state index in [0.29, 0.717) is 16.9 Å². The Morgan fingerprint density at radius 1 is 1.46 bits per heavy atom. The van der Waals surface area contributed by atoms with Gasteiger partial charge in [0.25, 0.3) is 0 Å². The van der Waals surface area contributed by atoms with Crippen molar-refractivity contribution in [3.8, 4) is 5.75 Å². The van der Waals surface area contributed by atoms with Gasteiger partial charge in [0.15, 0.2) is 0 Å². The molecule has 1 heterocycles. The summed E-state index contributed by atoms with van der Waals surface area (Å²) in [4.78, 5) is 3.90. The van der Waals surface area contributed by atoms with Gasteiger partial charge in [0.1, 0.15) is 12.1 Å². The Bertz CT molecular complexity index is 376. The number of aromatic hydroxyl groups is 1. The second kappa shape index (κ2) is 2.63. The smallest absolute Gasteiger partial charge is 0.122 e. The minimum absolute atomic E-state index is 0.0973. The van der Waals surface area contributed by atoms with Gasteiger partial charge >= 0.3 is 0 Å². The zero-order valence-electron chi connectivity index (χ0n) is 6.81. The van der Waals surface area contributed by atoms with E-state index in [9.17, 15) is 5.11 Å². The van der Waals surface area contributed by atoms with Crippen molar-refractivity contribution >= 4 is 17.7 Å². The van der Waals surface area contributed by atoms with Crippen LogP contribution in [0.1, 0.15) is 5.56 Å². The predicted octanol–water partition coefficient (Wildman–Crippen LogP) is 0.839. The molecule has 5 nitrogen and oxygen atoms in total. The van der Waals surface area contributed by atoms with Gasteiger partial charge in [0.2, 0.25) is 0 Å². The van der Waals surface area contributed by atoms with Gasteiger partial charge in [-0.25, -0.2) is 10.1 Å². The minimum atomic E-state index is 0.0973. The van der Waals surface area contributed by atoms with Gasteiger partial charge in [-0.15, -0.1) is 0 Å². The van der Waals surface area contributed by atoms with Crippen LogP contribution in [0, 0.1) is 0 Å². The standard InChI is InChI=1S/C8H9N3O2/c9-6-1-2-7(12)5-3-11(13)4-10-8(5)6/h1-2,4,12-13H,3,9H2. The second-order valence-electron chi connectivity index (χ2n) is 2.84. The Morgan fingerprint density at radius 2 is 2.23 bits per heavy atom. The molecule has 0 aromatic heterocycles. The number of nitrogens with two attached hydrogens (primary N) is 1. The van der Waals surface area contributed by atoms with Crippen LogP contribution in [0.2, 0.25) is 0 Å². The lowest BCUT2D eigenvalue weighted by atomic mass is 10.1. The summed E-state index contributed by atoms with van der Waals surface area (Å²) in [6.45, 7) is 0.204. The molecule has 0 spiro atoms. The molecule has 2 rings (SSSR count). The third-order valence-electron chi connectivity index (χ3n) is 1.93. The number of fused-ring (bicyclic) bond motifs is 1. The number of nitrogens with zero attached hydrogens (tertiary/aromatic N) is 2. The molecule has 0 bridgehead atoms. The molecule has 0 amide bonds. The highest BCUT2D eigenvalue weighted by atomic mass is 16.5. The molecule has 0 atom stereocenters. The summed E-state index contributed by atoms with van der Waals surface area (Å²) in [6.07, 6.45) is 1.26. The van der Waals surface area contributed by atoms with Crippen LogP contribution in [-0.2, 0) is 6.54 Å². The average molecular weight is 179 g/mol. The van der Waals surface area contributed by atoms with Crippen LogP contribution in [0.25, 0.3) is 0 Å². The molecule has 5 heteroatoms. The van der Waals surface area contributed by atoms with Gasteiger partial charge in [-0.05, 0) is 12.1 Å². The Hall–Kier alpha value is -1.75. The highest BCUT2D eigenvalue weighted by Crippen LogP contribution is 2.35. The maximum Gasteiger partial charge on any atom is 0.122 e. The molecule has 1 aromatic rings. The van der Waals surface area contributed by atoms with E-state index in [1.165, 1.54) is 12.4 Å². The summed E-state index contributed by atoms with van der Waals surface area (Å²) in [5, 5.41) is 19.4. The fourth-order valence-corrected chi connectivity index (χ4v) is 1.28. The van der Waals surface area contributed by atoms with Gasteiger partial charge in [-0.2, -0.15) is 0 Å². The number of hydroxylamine groups is 2. The fourth-order valence-electron chi connectivity index (χ4n) is 1.28. The van der Waals surface area contributed by atoms with Crippen molar-refractivity contribution in [3.63, 3.8) is 0 Å². The van der Waals surface area contributed by atoms with Crippen molar-refractivity contribution in [3.05, 3.63) is 17.7 Å². The molecule has 13 heavy (non-hydrogen) atoms. The summed E-state index contributed by atoms with van der Waals surface area (Å²) in [5.74, 6) is 0.0973. The Balaban J connectivity index is 2.60. The Kier molecular flexibility index (Phi) is 1.60. The molecule has 0 saturated heterocycles. The van der Waals surface area contributed by atoms with E-state index >= 15 is 0 Å². The predicted molar refractivity (Wildman–Crippen MR) is 48.0 cm³/mol. The SMILES string of the molecule is Nc1ccc(O)c2c1N=CN(O)C2. The van der Waals surface area contributed by atoms with E-state index in [1.54, 1.807) is 6.07 Å². The van der Waals surface area contributed by atoms with Crippen molar-refractivity contribution in [1.29, 1.82) is 0 Å². The number of rotatable bonds is 0. The zero-order chi connectivity index (χ0) is 9.42. The van der Waals surface area contributed by atoms with Gasteiger partial charge in [0, 0.05) is 5.56 Å². The van der Waals surface area contributed by atoms with E-state index in [1.807, 2.05) is 0 Å². The van der Waals surface area contributed by atoms with Crippen molar-refractivity contribution in [2.45, 2.75) is 6.54 Å². The monoisotopic (exact) mass is 179 g/mol. The lowest BCUT2D eigenvalue weighted by Crippen LogP contribution is -2.19. The Morgan fingerprint density at radius 3 is 3.00 bits per heavy atom. The molecule has 0 fully saturated rings. The molecular weight excluding hydrogens is 170 g/mol. The molecule has 4 N–H and O–H groups in total. The zero-order valence-corrected chi connectivity index (χ0v) is 6.81. The van der Waals surface area contributed by atoms with Crippen LogP contribution in [0.3, 0.4) is 0 Å². The summed E-state index contributed by atoms with van der Waals surface area (Å²) >= 11 is 0. The number of anilines is 1. The third-order valence-corrected chi connectivity index (χ3v) is 1.93. The van der Waals surface area contributed by atoms with Crippen LogP contribution >= 0.6 is 0 Å². The third kappa shape index (κ3) is 1.19. The number of hydrogen-bond acceptors (Lipinski definition) is 5. The van der Waals surface area contributed by atoms with Crippen LogP contribution in [-0.4, -0.2) is 21.7 Å². The highest BCUT2D eigenvalue weighted by Gasteiger charge is 2.16.